The molecule has 1 aromatic rings. The third-order valence-electron chi connectivity index (χ3n) is 4.77. The molecule has 0 saturated carbocycles. The molecule has 0 bridgehead atoms. The van der Waals surface area contributed by atoms with Crippen molar-refractivity contribution >= 4 is 29.9 Å². The molecule has 0 aromatic heterocycles. The molecule has 0 aliphatic carbocycles. The van der Waals surface area contributed by atoms with Crippen LogP contribution in [0.3, 0.4) is 0 Å². The molecule has 1 saturated heterocycles. The van der Waals surface area contributed by atoms with Gasteiger partial charge in [-0.05, 0) is 57.0 Å². The van der Waals surface area contributed by atoms with Crippen molar-refractivity contribution < 1.29 is 9.47 Å². The van der Waals surface area contributed by atoms with E-state index in [1.54, 1.807) is 0 Å². The molecular weight excluding hydrogens is 443 g/mol. The standard InChI is InChI=1S/C19H30N4O2.HI/c1-4-20-19(21-11-16-6-5-9-22(2)12-16)23(3)13-15-7-8-17-18(10-15)25-14-24-17;/h7-8,10,16H,4-6,9,11-14H2,1-3H3,(H,20,21);1H. The van der Waals surface area contributed by atoms with Gasteiger partial charge in [0.2, 0.25) is 6.79 Å². The van der Waals surface area contributed by atoms with E-state index in [0.717, 1.165) is 43.6 Å². The summed E-state index contributed by atoms with van der Waals surface area (Å²) in [6.07, 6.45) is 2.55. The molecule has 1 unspecified atom stereocenters. The summed E-state index contributed by atoms with van der Waals surface area (Å²) >= 11 is 0. The number of likely N-dealkylation sites (tertiary alicyclic amines) is 1. The van der Waals surface area contributed by atoms with Crippen molar-refractivity contribution in [2.45, 2.75) is 26.3 Å². The summed E-state index contributed by atoms with van der Waals surface area (Å²) in [5, 5.41) is 3.41. The second-order valence-corrected chi connectivity index (χ2v) is 7.01. The lowest BCUT2D eigenvalue weighted by molar-refractivity contribution is 0.174. The van der Waals surface area contributed by atoms with E-state index in [1.165, 1.54) is 24.9 Å². The van der Waals surface area contributed by atoms with Gasteiger partial charge in [0, 0.05) is 33.2 Å². The highest BCUT2D eigenvalue weighted by Crippen LogP contribution is 2.32. The van der Waals surface area contributed by atoms with Crippen molar-refractivity contribution in [3.05, 3.63) is 23.8 Å². The number of ether oxygens (including phenoxy) is 2. The predicted molar refractivity (Wildman–Crippen MR) is 116 cm³/mol. The molecule has 146 valence electrons. The number of guanidine groups is 1. The van der Waals surface area contributed by atoms with Crippen molar-refractivity contribution in [3.63, 3.8) is 0 Å². The quantitative estimate of drug-likeness (QED) is 0.404. The third-order valence-corrected chi connectivity index (χ3v) is 4.77. The molecule has 2 aliphatic rings. The van der Waals surface area contributed by atoms with Crippen LogP contribution in [0.4, 0.5) is 0 Å². The molecule has 3 rings (SSSR count). The molecule has 1 fully saturated rings. The molecule has 1 aromatic carbocycles. The Morgan fingerprint density at radius 3 is 2.92 bits per heavy atom. The van der Waals surface area contributed by atoms with E-state index in [1.807, 2.05) is 6.07 Å². The van der Waals surface area contributed by atoms with E-state index in [4.69, 9.17) is 14.5 Å². The van der Waals surface area contributed by atoms with Crippen LogP contribution in [0.5, 0.6) is 11.5 Å². The summed E-state index contributed by atoms with van der Waals surface area (Å²) in [6, 6.07) is 6.12. The summed E-state index contributed by atoms with van der Waals surface area (Å²) in [4.78, 5) is 9.47. The van der Waals surface area contributed by atoms with Gasteiger partial charge in [0.1, 0.15) is 0 Å². The van der Waals surface area contributed by atoms with Crippen LogP contribution in [-0.4, -0.2) is 62.8 Å². The van der Waals surface area contributed by atoms with Crippen LogP contribution in [0.15, 0.2) is 23.2 Å². The lowest BCUT2D eigenvalue weighted by atomic mass is 9.99. The first kappa shape index (κ1) is 21.1. The molecule has 1 N–H and O–H groups in total. The summed E-state index contributed by atoms with van der Waals surface area (Å²) < 4.78 is 10.9. The number of aliphatic imine (C=N–C) groups is 1. The molecular formula is C19H31IN4O2. The minimum atomic E-state index is 0. The first-order valence-corrected chi connectivity index (χ1v) is 9.22. The summed E-state index contributed by atoms with van der Waals surface area (Å²) in [5.41, 5.74) is 1.19. The molecule has 26 heavy (non-hydrogen) atoms. The second kappa shape index (κ2) is 10.2. The number of rotatable bonds is 5. The molecule has 0 radical (unpaired) electrons. The Morgan fingerprint density at radius 1 is 1.35 bits per heavy atom. The van der Waals surface area contributed by atoms with Gasteiger partial charge in [-0.25, -0.2) is 0 Å². The van der Waals surface area contributed by atoms with Gasteiger partial charge in [-0.3, -0.25) is 4.99 Å². The van der Waals surface area contributed by atoms with E-state index in [-0.39, 0.29) is 24.0 Å². The van der Waals surface area contributed by atoms with Gasteiger partial charge in [-0.15, -0.1) is 24.0 Å². The van der Waals surface area contributed by atoms with Crippen LogP contribution in [-0.2, 0) is 6.54 Å². The summed E-state index contributed by atoms with van der Waals surface area (Å²) in [5.74, 6) is 3.28. The normalized spacial score (nSPS) is 19.8. The minimum Gasteiger partial charge on any atom is -0.454 e. The van der Waals surface area contributed by atoms with Crippen molar-refractivity contribution in [2.75, 3.05) is 47.1 Å². The van der Waals surface area contributed by atoms with Gasteiger partial charge >= 0.3 is 0 Å². The van der Waals surface area contributed by atoms with Gasteiger partial charge in [-0.2, -0.15) is 0 Å². The van der Waals surface area contributed by atoms with Crippen molar-refractivity contribution in [1.82, 2.24) is 15.1 Å². The molecule has 0 spiro atoms. The Kier molecular flexibility index (Phi) is 8.27. The summed E-state index contributed by atoms with van der Waals surface area (Å²) in [7, 11) is 4.28. The van der Waals surface area contributed by atoms with Crippen LogP contribution in [0.1, 0.15) is 25.3 Å². The van der Waals surface area contributed by atoms with Crippen LogP contribution < -0.4 is 14.8 Å². The van der Waals surface area contributed by atoms with Gasteiger partial charge in [0.15, 0.2) is 17.5 Å². The van der Waals surface area contributed by atoms with E-state index in [9.17, 15) is 0 Å². The van der Waals surface area contributed by atoms with E-state index in [2.05, 4.69) is 48.3 Å². The van der Waals surface area contributed by atoms with Gasteiger partial charge < -0.3 is 24.6 Å². The number of fused-ring (bicyclic) bond motifs is 1. The largest absolute Gasteiger partial charge is 0.454 e. The zero-order valence-electron chi connectivity index (χ0n) is 16.0. The van der Waals surface area contributed by atoms with Crippen molar-refractivity contribution in [3.8, 4) is 11.5 Å². The smallest absolute Gasteiger partial charge is 0.231 e. The molecule has 6 nitrogen and oxygen atoms in total. The van der Waals surface area contributed by atoms with Gasteiger partial charge in [0.05, 0.1) is 0 Å². The van der Waals surface area contributed by atoms with Crippen LogP contribution in [0.2, 0.25) is 0 Å². The first-order chi connectivity index (χ1) is 12.2. The fraction of sp³-hybridized carbons (Fsp3) is 0.632. The Bertz CT molecular complexity index is 611. The lowest BCUT2D eigenvalue weighted by Gasteiger charge is -2.29. The predicted octanol–water partition coefficient (Wildman–Crippen LogP) is 2.77. The Labute approximate surface area is 173 Å². The minimum absolute atomic E-state index is 0. The van der Waals surface area contributed by atoms with Gasteiger partial charge in [0.25, 0.3) is 0 Å². The maximum atomic E-state index is 5.47. The van der Waals surface area contributed by atoms with Crippen LogP contribution >= 0.6 is 24.0 Å². The highest BCUT2D eigenvalue weighted by molar-refractivity contribution is 14.0. The monoisotopic (exact) mass is 474 g/mol. The average Bonchev–Trinajstić information content (AvgIpc) is 3.06. The number of nitrogens with zero attached hydrogens (tertiary/aromatic N) is 3. The average molecular weight is 474 g/mol. The number of benzene rings is 1. The fourth-order valence-electron chi connectivity index (χ4n) is 3.50. The first-order valence-electron chi connectivity index (χ1n) is 9.22. The van der Waals surface area contributed by atoms with Gasteiger partial charge in [-0.1, -0.05) is 6.07 Å². The zero-order chi connectivity index (χ0) is 17.6. The molecule has 2 heterocycles. The number of hydrogen-bond acceptors (Lipinski definition) is 4. The molecule has 2 aliphatic heterocycles. The highest BCUT2D eigenvalue weighted by Gasteiger charge is 2.18. The third kappa shape index (κ3) is 5.64. The maximum Gasteiger partial charge on any atom is 0.231 e. The maximum absolute atomic E-state index is 5.47. The van der Waals surface area contributed by atoms with Crippen molar-refractivity contribution in [2.24, 2.45) is 10.9 Å². The lowest BCUT2D eigenvalue weighted by Crippen LogP contribution is -2.39. The second-order valence-electron chi connectivity index (χ2n) is 7.01. The van der Waals surface area contributed by atoms with E-state index in [0.29, 0.717) is 12.7 Å². The number of nitrogens with one attached hydrogen (secondary N) is 1. The van der Waals surface area contributed by atoms with E-state index >= 15 is 0 Å². The molecule has 0 amide bonds. The molecule has 7 heteroatoms. The highest BCUT2D eigenvalue weighted by atomic mass is 127. The zero-order valence-corrected chi connectivity index (χ0v) is 18.4. The van der Waals surface area contributed by atoms with Crippen molar-refractivity contribution in [1.29, 1.82) is 0 Å². The van der Waals surface area contributed by atoms with E-state index < -0.39 is 0 Å². The number of hydrogen-bond donors (Lipinski definition) is 1. The van der Waals surface area contributed by atoms with Crippen LogP contribution in [0, 0.1) is 5.92 Å². The number of piperidine rings is 1. The Morgan fingerprint density at radius 2 is 2.15 bits per heavy atom. The molecule has 1 atom stereocenters. The SMILES string of the molecule is CCNC(=NCC1CCCN(C)C1)N(C)Cc1ccc2c(c1)OCO2.I. The topological polar surface area (TPSA) is 49.3 Å². The Hall–Kier alpha value is -1.22. The number of halogens is 1. The van der Waals surface area contributed by atoms with Crippen LogP contribution in [0.25, 0.3) is 0 Å². The Balaban J connectivity index is 0.00000243. The fourth-order valence-corrected chi connectivity index (χ4v) is 3.50. The summed E-state index contributed by atoms with van der Waals surface area (Å²) in [6.45, 7) is 7.33.